The van der Waals surface area contributed by atoms with Crippen LogP contribution in [0.1, 0.15) is 21.0 Å². The largest absolute Gasteiger partial charge is 0.472 e. The molecule has 5 nitrogen and oxygen atoms in total. The van der Waals surface area contributed by atoms with E-state index < -0.39 is 22.9 Å². The van der Waals surface area contributed by atoms with Crippen LogP contribution in [-0.4, -0.2) is 14.8 Å². The molecule has 0 atom stereocenters. The molecular weight excluding hydrogens is 424 g/mol. The van der Waals surface area contributed by atoms with Gasteiger partial charge in [-0.05, 0) is 24.6 Å². The molecule has 0 spiro atoms. The minimum absolute atomic E-state index is 0.0427. The minimum atomic E-state index is -4.62. The van der Waals surface area contributed by atoms with Gasteiger partial charge in [0, 0.05) is 30.1 Å². The first-order valence-electron chi connectivity index (χ1n) is 7.98. The van der Waals surface area contributed by atoms with Crippen molar-refractivity contribution < 1.29 is 35.8 Å². The first-order chi connectivity index (χ1) is 13.4. The van der Waals surface area contributed by atoms with Crippen molar-refractivity contribution in [1.29, 1.82) is 0 Å². The van der Waals surface area contributed by atoms with Crippen molar-refractivity contribution in [2.45, 2.75) is 25.9 Å². The van der Waals surface area contributed by atoms with Crippen molar-refractivity contribution in [1.82, 2.24) is 14.8 Å². The van der Waals surface area contributed by atoms with Gasteiger partial charge in [-0.2, -0.15) is 36.4 Å². The lowest BCUT2D eigenvalue weighted by Crippen LogP contribution is -2.06. The molecule has 3 aromatic rings. The van der Waals surface area contributed by atoms with Crippen molar-refractivity contribution in [2.24, 2.45) is 7.05 Å². The number of nitrogens with zero attached hydrogens (tertiary/aromatic N) is 3. The topological polar surface area (TPSA) is 49.2 Å². The Morgan fingerprint density at radius 3 is 2.28 bits per heavy atom. The molecule has 0 aromatic carbocycles. The molecule has 0 saturated carbocycles. The smallest absolute Gasteiger partial charge is 0.435 e. The second-order valence-electron chi connectivity index (χ2n) is 5.96. The van der Waals surface area contributed by atoms with Crippen LogP contribution in [0.15, 0.2) is 30.3 Å². The third-order valence-electron chi connectivity index (χ3n) is 3.56. The van der Waals surface area contributed by atoms with E-state index in [0.717, 1.165) is 16.8 Å². The fourth-order valence-electron chi connectivity index (χ4n) is 2.27. The van der Waals surface area contributed by atoms with Gasteiger partial charge in [-0.25, -0.2) is 4.68 Å². The van der Waals surface area contributed by atoms with Crippen molar-refractivity contribution in [2.75, 3.05) is 0 Å². The summed E-state index contributed by atoms with van der Waals surface area (Å²) in [6.45, 7) is 1.53. The molecule has 0 fully saturated rings. The SMILES string of the molecule is Cc1cc(OCc2ccc(C(F)(F)F)s2)nc(Oc2cc(C(F)(F)F)nn2C)c1. The molecule has 0 aliphatic carbocycles. The summed E-state index contributed by atoms with van der Waals surface area (Å²) in [5, 5.41) is 3.34. The van der Waals surface area contributed by atoms with Crippen LogP contribution in [0.4, 0.5) is 26.3 Å². The van der Waals surface area contributed by atoms with Gasteiger partial charge in [0.1, 0.15) is 11.5 Å². The van der Waals surface area contributed by atoms with Crippen LogP contribution < -0.4 is 9.47 Å². The van der Waals surface area contributed by atoms with Crippen LogP contribution in [0.3, 0.4) is 0 Å². The van der Waals surface area contributed by atoms with Gasteiger partial charge in [-0.1, -0.05) is 0 Å². The summed E-state index contributed by atoms with van der Waals surface area (Å²) in [5.74, 6) is -0.173. The van der Waals surface area contributed by atoms with E-state index in [9.17, 15) is 26.3 Å². The molecule has 0 aliphatic heterocycles. The number of aromatic nitrogens is 3. The first kappa shape index (κ1) is 21.0. The number of thiophene rings is 1. The molecule has 3 heterocycles. The number of ether oxygens (including phenoxy) is 2. The van der Waals surface area contributed by atoms with E-state index in [4.69, 9.17) is 9.47 Å². The van der Waals surface area contributed by atoms with E-state index in [1.807, 2.05) is 0 Å². The van der Waals surface area contributed by atoms with E-state index in [0.29, 0.717) is 21.8 Å². The lowest BCUT2D eigenvalue weighted by Gasteiger charge is -2.09. The average molecular weight is 437 g/mol. The maximum absolute atomic E-state index is 12.7. The second kappa shape index (κ2) is 7.58. The zero-order chi connectivity index (χ0) is 21.4. The molecule has 0 N–H and O–H groups in total. The van der Waals surface area contributed by atoms with Crippen LogP contribution in [0.5, 0.6) is 17.6 Å². The normalized spacial score (nSPS) is 12.3. The Morgan fingerprint density at radius 1 is 1.00 bits per heavy atom. The zero-order valence-electron chi connectivity index (χ0n) is 14.9. The number of pyridine rings is 1. The molecule has 0 amide bonds. The summed E-state index contributed by atoms with van der Waals surface area (Å²) in [7, 11) is 1.28. The molecule has 0 saturated heterocycles. The molecule has 156 valence electrons. The Kier molecular flexibility index (Phi) is 5.48. The molecule has 3 rings (SSSR count). The fraction of sp³-hybridized carbons (Fsp3) is 0.294. The highest BCUT2D eigenvalue weighted by Gasteiger charge is 2.35. The van der Waals surface area contributed by atoms with E-state index >= 15 is 0 Å². The molecule has 0 aliphatic rings. The Balaban J connectivity index is 1.73. The number of rotatable bonds is 5. The second-order valence-corrected chi connectivity index (χ2v) is 7.13. The maximum Gasteiger partial charge on any atom is 0.435 e. The lowest BCUT2D eigenvalue weighted by atomic mass is 10.3. The number of alkyl halides is 6. The number of hydrogen-bond donors (Lipinski definition) is 0. The first-order valence-corrected chi connectivity index (χ1v) is 8.80. The fourth-order valence-corrected chi connectivity index (χ4v) is 3.06. The standard InChI is InChI=1S/C17H13F6N3O2S/c1-9-5-13(27-8-10-3-4-12(29-10)17(21,22)23)24-14(6-9)28-15-7-11(16(18,19)20)25-26(15)2/h3-7H,8H2,1-2H3. The molecule has 0 radical (unpaired) electrons. The summed E-state index contributed by atoms with van der Waals surface area (Å²) in [6.07, 6.45) is -9.05. The van der Waals surface area contributed by atoms with Crippen molar-refractivity contribution >= 4 is 11.3 Å². The minimum Gasteiger partial charge on any atom is -0.472 e. The van der Waals surface area contributed by atoms with Crippen LogP contribution >= 0.6 is 11.3 Å². The van der Waals surface area contributed by atoms with Gasteiger partial charge in [0.15, 0.2) is 5.69 Å². The predicted octanol–water partition coefficient (Wildman–Crippen LogP) is 5.59. The number of aryl methyl sites for hydroxylation is 2. The highest BCUT2D eigenvalue weighted by molar-refractivity contribution is 7.12. The summed E-state index contributed by atoms with van der Waals surface area (Å²) in [6, 6.07) is 5.99. The zero-order valence-corrected chi connectivity index (χ0v) is 15.7. The number of hydrogen-bond acceptors (Lipinski definition) is 5. The van der Waals surface area contributed by atoms with Crippen molar-refractivity contribution in [3.63, 3.8) is 0 Å². The summed E-state index contributed by atoms with van der Waals surface area (Å²) in [5.41, 5.74) is -0.484. The quantitative estimate of drug-likeness (QED) is 0.488. The highest BCUT2D eigenvalue weighted by atomic mass is 32.1. The highest BCUT2D eigenvalue weighted by Crippen LogP contribution is 2.35. The van der Waals surface area contributed by atoms with Gasteiger partial charge >= 0.3 is 12.4 Å². The Bertz CT molecular complexity index is 1010. The molecule has 0 unspecified atom stereocenters. The van der Waals surface area contributed by atoms with E-state index in [2.05, 4.69) is 10.1 Å². The van der Waals surface area contributed by atoms with Crippen molar-refractivity contribution in [3.8, 4) is 17.6 Å². The summed E-state index contributed by atoms with van der Waals surface area (Å²) < 4.78 is 87.9. The third kappa shape index (κ3) is 5.19. The van der Waals surface area contributed by atoms with Gasteiger partial charge in [0.2, 0.25) is 17.6 Å². The Labute approximate surface area is 164 Å². The molecule has 0 bridgehead atoms. The van der Waals surface area contributed by atoms with Gasteiger partial charge in [-0.15, -0.1) is 11.3 Å². The lowest BCUT2D eigenvalue weighted by molar-refractivity contribution is -0.141. The molecule has 29 heavy (non-hydrogen) atoms. The van der Waals surface area contributed by atoms with Crippen LogP contribution in [0, 0.1) is 6.92 Å². The third-order valence-corrected chi connectivity index (χ3v) is 4.67. The van der Waals surface area contributed by atoms with Gasteiger partial charge in [0.05, 0.1) is 0 Å². The maximum atomic E-state index is 12.7. The summed E-state index contributed by atoms with van der Waals surface area (Å²) >= 11 is 0.550. The monoisotopic (exact) mass is 437 g/mol. The van der Waals surface area contributed by atoms with Gasteiger partial charge in [0.25, 0.3) is 0 Å². The van der Waals surface area contributed by atoms with E-state index in [1.54, 1.807) is 6.92 Å². The summed E-state index contributed by atoms with van der Waals surface area (Å²) in [4.78, 5) is 3.62. The van der Waals surface area contributed by atoms with Gasteiger partial charge in [-0.3, -0.25) is 0 Å². The van der Waals surface area contributed by atoms with Crippen LogP contribution in [-0.2, 0) is 26.0 Å². The Hall–Kier alpha value is -2.76. The predicted molar refractivity (Wildman–Crippen MR) is 90.9 cm³/mol. The molecule has 3 aromatic heterocycles. The molecular formula is C17H13F6N3O2S. The number of halogens is 6. The van der Waals surface area contributed by atoms with E-state index in [-0.39, 0.29) is 24.2 Å². The average Bonchev–Trinajstić information content (AvgIpc) is 3.19. The van der Waals surface area contributed by atoms with Crippen LogP contribution in [0.25, 0.3) is 0 Å². The van der Waals surface area contributed by atoms with Crippen LogP contribution in [0.2, 0.25) is 0 Å². The van der Waals surface area contributed by atoms with Crippen molar-refractivity contribution in [3.05, 3.63) is 51.3 Å². The van der Waals surface area contributed by atoms with E-state index in [1.165, 1.54) is 25.2 Å². The Morgan fingerprint density at radius 2 is 1.69 bits per heavy atom. The molecule has 12 heteroatoms. The van der Waals surface area contributed by atoms with Gasteiger partial charge < -0.3 is 9.47 Å².